The smallest absolute Gasteiger partial charge is 0.359 e. The van der Waals surface area contributed by atoms with Gasteiger partial charge < -0.3 is 14.4 Å². The average Bonchev–Trinajstić information content (AvgIpc) is 2.62. The highest BCUT2D eigenvalue weighted by molar-refractivity contribution is 9.10. The van der Waals surface area contributed by atoms with Crippen LogP contribution in [0.5, 0.6) is 0 Å². The first-order valence-electron chi connectivity index (χ1n) is 4.50. The molecule has 1 N–H and O–H groups in total. The maximum absolute atomic E-state index is 11.4. The summed E-state index contributed by atoms with van der Waals surface area (Å²) in [6, 6.07) is 0. The van der Waals surface area contributed by atoms with Crippen LogP contribution >= 0.6 is 15.9 Å². The van der Waals surface area contributed by atoms with Crippen LogP contribution in [0.4, 0.5) is 0 Å². The summed E-state index contributed by atoms with van der Waals surface area (Å²) in [5.41, 5.74) is -0.490. The van der Waals surface area contributed by atoms with Gasteiger partial charge in [0.15, 0.2) is 16.1 Å². The number of aromatic carboxylic acids is 1. The van der Waals surface area contributed by atoms with Crippen LogP contribution in [0.3, 0.4) is 0 Å². The fourth-order valence-electron chi connectivity index (χ4n) is 1.18. The molecular weight excluding hydrogens is 292 g/mol. The minimum Gasteiger partial charge on any atom is -0.476 e. The van der Waals surface area contributed by atoms with Crippen molar-refractivity contribution in [3.8, 4) is 11.8 Å². The van der Waals surface area contributed by atoms with Crippen molar-refractivity contribution >= 4 is 27.9 Å². The number of aromatic nitrogens is 2. The molecule has 1 heterocycles. The van der Waals surface area contributed by atoms with E-state index >= 15 is 0 Å². The highest BCUT2D eigenvalue weighted by Gasteiger charge is 2.26. The third-order valence-electron chi connectivity index (χ3n) is 1.92. The van der Waals surface area contributed by atoms with Gasteiger partial charge in [0.05, 0.1) is 13.7 Å². The second-order valence-electron chi connectivity index (χ2n) is 2.89. The van der Waals surface area contributed by atoms with Crippen LogP contribution in [0.15, 0.2) is 4.73 Å². The van der Waals surface area contributed by atoms with E-state index in [9.17, 15) is 9.59 Å². The SMILES string of the molecule is CC#CCn1c(Br)nc(C(=O)OC)c1C(=O)O. The van der Waals surface area contributed by atoms with Gasteiger partial charge in [0.1, 0.15) is 0 Å². The first-order chi connectivity index (χ1) is 8.02. The zero-order valence-corrected chi connectivity index (χ0v) is 10.7. The predicted octanol–water partition coefficient (Wildman–Crippen LogP) is 1.15. The van der Waals surface area contributed by atoms with Crippen LogP contribution in [-0.4, -0.2) is 33.7 Å². The molecule has 1 rings (SSSR count). The Kier molecular flexibility index (Phi) is 4.29. The van der Waals surface area contributed by atoms with E-state index in [4.69, 9.17) is 5.11 Å². The molecule has 0 atom stereocenters. The van der Waals surface area contributed by atoms with Crippen LogP contribution in [0.25, 0.3) is 0 Å². The number of halogens is 1. The summed E-state index contributed by atoms with van der Waals surface area (Å²) >= 11 is 3.08. The number of carboxylic acids is 1. The van der Waals surface area contributed by atoms with Crippen LogP contribution in [-0.2, 0) is 11.3 Å². The molecule has 0 spiro atoms. The molecule has 90 valence electrons. The summed E-state index contributed by atoms with van der Waals surface area (Å²) in [6.45, 7) is 1.76. The van der Waals surface area contributed by atoms with Gasteiger partial charge in [0.2, 0.25) is 0 Å². The molecular formula is C10H9BrN2O4. The first-order valence-corrected chi connectivity index (χ1v) is 5.29. The van der Waals surface area contributed by atoms with Gasteiger partial charge in [-0.1, -0.05) is 5.92 Å². The minimum atomic E-state index is -1.26. The Hall–Kier alpha value is -1.81. The van der Waals surface area contributed by atoms with Crippen LogP contribution in [0.2, 0.25) is 0 Å². The van der Waals surface area contributed by atoms with Gasteiger partial charge in [0.25, 0.3) is 0 Å². The van der Waals surface area contributed by atoms with Crippen molar-refractivity contribution in [2.45, 2.75) is 13.5 Å². The van der Waals surface area contributed by atoms with Crippen molar-refractivity contribution < 1.29 is 19.4 Å². The lowest BCUT2D eigenvalue weighted by Crippen LogP contribution is -2.14. The fraction of sp³-hybridized carbons (Fsp3) is 0.300. The van der Waals surface area contributed by atoms with Gasteiger partial charge in [-0.2, -0.15) is 0 Å². The van der Waals surface area contributed by atoms with Gasteiger partial charge in [-0.3, -0.25) is 0 Å². The molecule has 0 aliphatic carbocycles. The van der Waals surface area contributed by atoms with E-state index < -0.39 is 11.9 Å². The van der Waals surface area contributed by atoms with E-state index in [1.807, 2.05) is 0 Å². The topological polar surface area (TPSA) is 81.4 Å². The Bertz CT molecular complexity index is 524. The lowest BCUT2D eigenvalue weighted by molar-refractivity contribution is 0.0574. The van der Waals surface area contributed by atoms with Crippen LogP contribution in [0, 0.1) is 11.8 Å². The number of carbonyl (C=O) groups excluding carboxylic acids is 1. The summed E-state index contributed by atoms with van der Waals surface area (Å²) in [6.07, 6.45) is 0. The Morgan fingerprint density at radius 2 is 2.24 bits per heavy atom. The van der Waals surface area contributed by atoms with E-state index in [1.165, 1.54) is 4.57 Å². The zero-order valence-electron chi connectivity index (χ0n) is 9.15. The quantitative estimate of drug-likeness (QED) is 0.669. The third-order valence-corrected chi connectivity index (χ3v) is 2.52. The van der Waals surface area contributed by atoms with Crippen molar-refractivity contribution in [3.05, 3.63) is 16.1 Å². The minimum absolute atomic E-state index is 0.128. The number of hydrogen-bond donors (Lipinski definition) is 1. The molecule has 0 amide bonds. The van der Waals surface area contributed by atoms with Crippen molar-refractivity contribution in [1.29, 1.82) is 0 Å². The Balaban J connectivity index is 3.37. The van der Waals surface area contributed by atoms with Gasteiger partial charge in [-0.25, -0.2) is 14.6 Å². The van der Waals surface area contributed by atoms with E-state index in [0.29, 0.717) is 0 Å². The molecule has 0 saturated carbocycles. The first kappa shape index (κ1) is 13.3. The summed E-state index contributed by atoms with van der Waals surface area (Å²) in [5, 5.41) is 9.07. The highest BCUT2D eigenvalue weighted by atomic mass is 79.9. The molecule has 0 aromatic carbocycles. The molecule has 0 bridgehead atoms. The van der Waals surface area contributed by atoms with E-state index in [0.717, 1.165) is 7.11 Å². The summed E-state index contributed by atoms with van der Waals surface area (Å²) < 4.78 is 5.97. The molecule has 0 aliphatic rings. The Labute approximate surface area is 106 Å². The largest absolute Gasteiger partial charge is 0.476 e. The molecule has 1 aromatic rings. The highest BCUT2D eigenvalue weighted by Crippen LogP contribution is 2.17. The zero-order chi connectivity index (χ0) is 13.0. The second-order valence-corrected chi connectivity index (χ2v) is 3.60. The number of nitrogens with zero attached hydrogens (tertiary/aromatic N) is 2. The summed E-state index contributed by atoms with van der Waals surface area (Å²) in [5.74, 6) is 3.27. The number of carbonyl (C=O) groups is 2. The monoisotopic (exact) mass is 300 g/mol. The van der Waals surface area contributed by atoms with Gasteiger partial charge in [-0.15, -0.1) is 5.92 Å². The van der Waals surface area contributed by atoms with Gasteiger partial charge in [0, 0.05) is 0 Å². The van der Waals surface area contributed by atoms with Crippen molar-refractivity contribution in [2.75, 3.05) is 7.11 Å². The molecule has 7 heteroatoms. The molecule has 6 nitrogen and oxygen atoms in total. The van der Waals surface area contributed by atoms with E-state index in [-0.39, 0.29) is 22.7 Å². The lowest BCUT2D eigenvalue weighted by atomic mass is 10.3. The number of ether oxygens (including phenoxy) is 1. The fourth-order valence-corrected chi connectivity index (χ4v) is 1.66. The summed E-state index contributed by atoms with van der Waals surface area (Å²) in [4.78, 5) is 26.3. The normalized spacial score (nSPS) is 9.35. The number of hydrogen-bond acceptors (Lipinski definition) is 4. The molecule has 0 unspecified atom stereocenters. The standard InChI is InChI=1S/C10H9BrN2O4/c1-3-4-5-13-7(8(14)15)6(9(16)17-2)12-10(13)11/h5H2,1-2H3,(H,14,15). The number of rotatable bonds is 3. The predicted molar refractivity (Wildman–Crippen MR) is 61.7 cm³/mol. The van der Waals surface area contributed by atoms with Crippen LogP contribution in [0.1, 0.15) is 27.9 Å². The van der Waals surface area contributed by atoms with Gasteiger partial charge in [-0.05, 0) is 22.9 Å². The Morgan fingerprint density at radius 1 is 1.59 bits per heavy atom. The average molecular weight is 301 g/mol. The van der Waals surface area contributed by atoms with E-state index in [2.05, 4.69) is 37.5 Å². The van der Waals surface area contributed by atoms with Crippen molar-refractivity contribution in [2.24, 2.45) is 0 Å². The number of carboxylic acid groups (broad SMARTS) is 1. The molecule has 0 fully saturated rings. The van der Waals surface area contributed by atoms with E-state index in [1.54, 1.807) is 6.92 Å². The number of esters is 1. The molecule has 1 aromatic heterocycles. The Morgan fingerprint density at radius 3 is 2.71 bits per heavy atom. The molecule has 0 radical (unpaired) electrons. The second kappa shape index (κ2) is 5.50. The number of methoxy groups -OCH3 is 1. The lowest BCUT2D eigenvalue weighted by Gasteiger charge is -2.02. The molecule has 17 heavy (non-hydrogen) atoms. The van der Waals surface area contributed by atoms with Crippen LogP contribution < -0.4 is 0 Å². The third kappa shape index (κ3) is 2.65. The molecule has 0 saturated heterocycles. The summed E-state index contributed by atoms with van der Waals surface area (Å²) in [7, 11) is 1.16. The van der Waals surface area contributed by atoms with Gasteiger partial charge >= 0.3 is 11.9 Å². The maximum Gasteiger partial charge on any atom is 0.359 e. The maximum atomic E-state index is 11.4. The number of imidazole rings is 1. The van der Waals surface area contributed by atoms with Crippen molar-refractivity contribution in [1.82, 2.24) is 9.55 Å². The molecule has 0 aliphatic heterocycles. The van der Waals surface area contributed by atoms with Crippen molar-refractivity contribution in [3.63, 3.8) is 0 Å².